The van der Waals surface area contributed by atoms with Gasteiger partial charge in [0.25, 0.3) is 0 Å². The van der Waals surface area contributed by atoms with Crippen molar-refractivity contribution in [2.24, 2.45) is 17.8 Å². The van der Waals surface area contributed by atoms with E-state index in [1.165, 1.54) is 69.9 Å². The summed E-state index contributed by atoms with van der Waals surface area (Å²) in [5.74, 6) is -1.26. The van der Waals surface area contributed by atoms with Crippen LogP contribution in [0.2, 0.25) is 0 Å². The molecule has 0 spiro atoms. The maximum absolute atomic E-state index is 14.8. The number of hydrogen-bond acceptors (Lipinski definition) is 3. The van der Waals surface area contributed by atoms with Gasteiger partial charge in [0.2, 0.25) is 11.6 Å². The first kappa shape index (κ1) is 30.0. The molecule has 3 nitrogen and oxygen atoms in total. The average Bonchev–Trinajstić information content (AvgIpc) is 2.93. The van der Waals surface area contributed by atoms with E-state index in [1.807, 2.05) is 6.92 Å². The quantitative estimate of drug-likeness (QED) is 0.168. The first-order valence-corrected chi connectivity index (χ1v) is 14.6. The summed E-state index contributed by atoms with van der Waals surface area (Å²) in [4.78, 5) is 0. The zero-order valence-electron chi connectivity index (χ0n) is 22.7. The molecule has 4 unspecified atom stereocenters. The molecule has 1 aromatic carbocycles. The van der Waals surface area contributed by atoms with E-state index >= 15 is 0 Å². The van der Waals surface area contributed by atoms with Crippen molar-refractivity contribution in [3.63, 3.8) is 0 Å². The molecule has 37 heavy (non-hydrogen) atoms. The third-order valence-electron chi connectivity index (χ3n) is 8.24. The second-order valence-corrected chi connectivity index (χ2v) is 11.0. The fourth-order valence-corrected chi connectivity index (χ4v) is 5.78. The summed E-state index contributed by atoms with van der Waals surface area (Å²) in [6.45, 7) is 4.22. The molecule has 1 aliphatic heterocycles. The van der Waals surface area contributed by atoms with E-state index in [-0.39, 0.29) is 12.4 Å². The number of alkyl halides is 2. The maximum atomic E-state index is 14.8. The highest BCUT2D eigenvalue weighted by atomic mass is 19.2. The minimum Gasteiger partial charge on any atom is -0.490 e. The summed E-state index contributed by atoms with van der Waals surface area (Å²) in [6.07, 6.45) is 9.76. The van der Waals surface area contributed by atoms with E-state index in [0.717, 1.165) is 18.8 Å². The Labute approximate surface area is 220 Å². The lowest BCUT2D eigenvalue weighted by molar-refractivity contribution is -0.0921. The van der Waals surface area contributed by atoms with E-state index in [2.05, 4.69) is 6.92 Å². The predicted molar refractivity (Wildman–Crippen MR) is 139 cm³/mol. The van der Waals surface area contributed by atoms with Crippen molar-refractivity contribution in [3.8, 4) is 11.5 Å². The molecule has 1 saturated heterocycles. The second kappa shape index (κ2) is 15.8. The molecular weight excluding hydrogens is 484 g/mol. The van der Waals surface area contributed by atoms with Crippen LogP contribution in [-0.2, 0) is 4.74 Å². The number of benzene rings is 1. The van der Waals surface area contributed by atoms with Gasteiger partial charge in [-0.15, -0.1) is 0 Å². The van der Waals surface area contributed by atoms with Gasteiger partial charge in [-0.05, 0) is 62.0 Å². The number of ether oxygens (including phenoxy) is 3. The van der Waals surface area contributed by atoms with Crippen molar-refractivity contribution in [3.05, 3.63) is 23.8 Å². The van der Waals surface area contributed by atoms with Gasteiger partial charge in [0.1, 0.15) is 6.61 Å². The van der Waals surface area contributed by atoms with Crippen molar-refractivity contribution in [2.75, 3.05) is 19.8 Å². The Kier molecular flexibility index (Phi) is 12.8. The third kappa shape index (κ3) is 9.04. The fourth-order valence-electron chi connectivity index (χ4n) is 5.78. The molecule has 0 bridgehead atoms. The molecule has 4 atom stereocenters. The molecule has 0 aromatic heterocycles. The van der Waals surface area contributed by atoms with Crippen LogP contribution in [-0.4, -0.2) is 38.3 Å². The van der Waals surface area contributed by atoms with E-state index in [1.54, 1.807) is 0 Å². The lowest BCUT2D eigenvalue weighted by Crippen LogP contribution is -2.42. The number of hydrogen-bond donors (Lipinski definition) is 0. The Morgan fingerprint density at radius 1 is 0.811 bits per heavy atom. The van der Waals surface area contributed by atoms with Crippen LogP contribution in [0.25, 0.3) is 0 Å². The van der Waals surface area contributed by atoms with Crippen LogP contribution in [0, 0.1) is 29.4 Å². The van der Waals surface area contributed by atoms with E-state index in [9.17, 15) is 17.6 Å². The van der Waals surface area contributed by atoms with Crippen LogP contribution in [0.1, 0.15) is 97.3 Å². The molecule has 1 aromatic rings. The largest absolute Gasteiger partial charge is 0.490 e. The minimum absolute atomic E-state index is 0.218. The Morgan fingerprint density at radius 2 is 1.46 bits per heavy atom. The minimum atomic E-state index is -1.99. The smallest absolute Gasteiger partial charge is 0.204 e. The predicted octanol–water partition coefficient (Wildman–Crippen LogP) is 8.77. The van der Waals surface area contributed by atoms with Gasteiger partial charge in [0.05, 0.1) is 19.3 Å². The van der Waals surface area contributed by atoms with Crippen molar-refractivity contribution in [1.29, 1.82) is 0 Å². The van der Waals surface area contributed by atoms with E-state index in [0.29, 0.717) is 31.3 Å². The highest BCUT2D eigenvalue weighted by Crippen LogP contribution is 2.40. The summed E-state index contributed by atoms with van der Waals surface area (Å²) < 4.78 is 74.0. The molecule has 1 heterocycles. The Hall–Kier alpha value is -1.50. The van der Waals surface area contributed by atoms with Crippen LogP contribution in [0.3, 0.4) is 0 Å². The van der Waals surface area contributed by atoms with Crippen molar-refractivity contribution in [1.82, 2.24) is 0 Å². The molecule has 2 fully saturated rings. The van der Waals surface area contributed by atoms with Gasteiger partial charge < -0.3 is 14.2 Å². The SMILES string of the molecule is CCCCCCC1CCC(C2CCC(C(F)C(F)COc3ccc(OCCCC)c(F)c3F)OC2)CC1. The van der Waals surface area contributed by atoms with Crippen LogP contribution < -0.4 is 9.47 Å². The first-order valence-electron chi connectivity index (χ1n) is 14.6. The normalized spacial score (nSPS) is 26.0. The summed E-state index contributed by atoms with van der Waals surface area (Å²) in [7, 11) is 0. The Balaban J connectivity index is 1.37. The number of unbranched alkanes of at least 4 members (excludes halogenated alkanes) is 4. The van der Waals surface area contributed by atoms with Gasteiger partial charge >= 0.3 is 0 Å². The molecule has 0 radical (unpaired) electrons. The standard InChI is InChI=1S/C30H46F4O3/c1-3-5-7-8-9-21-10-12-22(13-11-21)23-14-15-25(36-19-23)28(32)24(31)20-37-27-17-16-26(29(33)30(27)34)35-18-6-4-2/h16-17,21-25,28H,3-15,18-20H2,1-2H3. The molecule has 0 N–H and O–H groups in total. The monoisotopic (exact) mass is 530 g/mol. The molecule has 212 valence electrons. The third-order valence-corrected chi connectivity index (χ3v) is 8.24. The van der Waals surface area contributed by atoms with E-state index in [4.69, 9.17) is 14.2 Å². The summed E-state index contributed by atoms with van der Waals surface area (Å²) >= 11 is 0. The van der Waals surface area contributed by atoms with Gasteiger partial charge in [-0.2, -0.15) is 8.78 Å². The lowest BCUT2D eigenvalue weighted by Gasteiger charge is -2.38. The molecule has 1 aliphatic carbocycles. The zero-order valence-corrected chi connectivity index (χ0v) is 22.7. The molecule has 3 rings (SSSR count). The Morgan fingerprint density at radius 3 is 2.08 bits per heavy atom. The van der Waals surface area contributed by atoms with Gasteiger partial charge in [-0.3, -0.25) is 0 Å². The highest BCUT2D eigenvalue weighted by molar-refractivity contribution is 5.35. The van der Waals surface area contributed by atoms with Crippen molar-refractivity contribution < 1.29 is 31.8 Å². The van der Waals surface area contributed by atoms with Gasteiger partial charge in [0, 0.05) is 0 Å². The van der Waals surface area contributed by atoms with E-state index < -0.39 is 42.4 Å². The van der Waals surface area contributed by atoms with Crippen molar-refractivity contribution in [2.45, 2.75) is 116 Å². The molecular formula is C30H46F4O3. The van der Waals surface area contributed by atoms with Crippen molar-refractivity contribution >= 4 is 0 Å². The van der Waals surface area contributed by atoms with Crippen LogP contribution in [0.4, 0.5) is 17.6 Å². The molecule has 7 heteroatoms. The maximum Gasteiger partial charge on any atom is 0.204 e. The van der Waals surface area contributed by atoms with Gasteiger partial charge in [0.15, 0.2) is 23.8 Å². The molecule has 2 aliphatic rings. The van der Waals surface area contributed by atoms with Crippen LogP contribution in [0.5, 0.6) is 11.5 Å². The van der Waals surface area contributed by atoms with Gasteiger partial charge in [-0.25, -0.2) is 8.78 Å². The summed E-state index contributed by atoms with van der Waals surface area (Å²) in [5, 5.41) is 0. The number of halogens is 4. The zero-order chi connectivity index (χ0) is 26.6. The molecule has 1 saturated carbocycles. The topological polar surface area (TPSA) is 27.7 Å². The highest BCUT2D eigenvalue weighted by Gasteiger charge is 2.37. The van der Waals surface area contributed by atoms with Gasteiger partial charge in [-0.1, -0.05) is 65.2 Å². The number of rotatable bonds is 15. The second-order valence-electron chi connectivity index (χ2n) is 11.0. The Bertz CT molecular complexity index is 776. The first-order chi connectivity index (χ1) is 17.9. The van der Waals surface area contributed by atoms with Crippen LogP contribution in [0.15, 0.2) is 12.1 Å². The van der Waals surface area contributed by atoms with Crippen LogP contribution >= 0.6 is 0 Å². The summed E-state index contributed by atoms with van der Waals surface area (Å²) in [6, 6.07) is 2.43. The summed E-state index contributed by atoms with van der Waals surface area (Å²) in [5.41, 5.74) is 0. The fraction of sp³-hybridized carbons (Fsp3) is 0.800. The average molecular weight is 531 g/mol. The lowest BCUT2D eigenvalue weighted by atomic mass is 9.72. The molecule has 0 amide bonds.